The van der Waals surface area contributed by atoms with Gasteiger partial charge >= 0.3 is 0 Å². The van der Waals surface area contributed by atoms with Gasteiger partial charge < -0.3 is 9.80 Å². The predicted molar refractivity (Wildman–Crippen MR) is 82.9 cm³/mol. The van der Waals surface area contributed by atoms with Gasteiger partial charge in [-0.3, -0.25) is 0 Å². The van der Waals surface area contributed by atoms with Gasteiger partial charge in [-0.05, 0) is 31.2 Å². The fraction of sp³-hybridized carbons (Fsp3) is 0.600. The van der Waals surface area contributed by atoms with Crippen molar-refractivity contribution in [1.82, 2.24) is 9.97 Å². The Morgan fingerprint density at radius 1 is 1.15 bits per heavy atom. The third-order valence-corrected chi connectivity index (χ3v) is 5.85. The summed E-state index contributed by atoms with van der Waals surface area (Å²) in [6.07, 6.45) is 6.86. The summed E-state index contributed by atoms with van der Waals surface area (Å²) in [7, 11) is 2.28. The Labute approximate surface area is 123 Å². The summed E-state index contributed by atoms with van der Waals surface area (Å²) < 4.78 is 0. The molecule has 4 nitrogen and oxygen atoms in total. The summed E-state index contributed by atoms with van der Waals surface area (Å²) in [5.41, 5.74) is 1.55. The van der Waals surface area contributed by atoms with E-state index >= 15 is 0 Å². The van der Waals surface area contributed by atoms with Gasteiger partial charge in [-0.1, -0.05) is 0 Å². The number of nitrogens with one attached hydrogen (secondary N) is 1. The molecule has 1 aliphatic heterocycles. The molecule has 0 saturated carbocycles. The Bertz CT molecular complexity index is 628. The zero-order valence-corrected chi connectivity index (χ0v) is 12.8. The molecular weight excluding hydrogens is 268 g/mol. The van der Waals surface area contributed by atoms with Crippen molar-refractivity contribution in [2.45, 2.75) is 25.7 Å². The highest BCUT2D eigenvalue weighted by Gasteiger charge is 2.24. The number of piperazine rings is 1. The smallest absolute Gasteiger partial charge is 0.141 e. The Balaban J connectivity index is 1.80. The molecule has 1 N–H and O–H groups in total. The summed E-state index contributed by atoms with van der Waals surface area (Å²) >= 11 is 1.90. The molecule has 0 atom stereocenters. The third kappa shape index (κ3) is 2.00. The van der Waals surface area contributed by atoms with Crippen LogP contribution in [0.4, 0.5) is 5.82 Å². The topological polar surface area (TPSA) is 33.5 Å². The maximum atomic E-state index is 4.65. The lowest BCUT2D eigenvalue weighted by molar-refractivity contribution is -0.880. The Morgan fingerprint density at radius 3 is 2.80 bits per heavy atom. The predicted octanol–water partition coefficient (Wildman–Crippen LogP) is 0.905. The van der Waals surface area contributed by atoms with Crippen LogP contribution in [0.1, 0.15) is 23.3 Å². The monoisotopic (exact) mass is 289 g/mol. The van der Waals surface area contributed by atoms with Gasteiger partial charge in [0.1, 0.15) is 17.0 Å². The molecule has 1 aliphatic carbocycles. The number of thiophene rings is 1. The van der Waals surface area contributed by atoms with E-state index in [1.165, 1.54) is 54.8 Å². The van der Waals surface area contributed by atoms with E-state index < -0.39 is 0 Å². The molecule has 106 valence electrons. The van der Waals surface area contributed by atoms with E-state index in [-0.39, 0.29) is 0 Å². The number of rotatable bonds is 1. The average molecular weight is 289 g/mol. The fourth-order valence-electron chi connectivity index (χ4n) is 3.41. The minimum Gasteiger partial charge on any atom is -0.345 e. The van der Waals surface area contributed by atoms with Gasteiger partial charge in [-0.15, -0.1) is 11.3 Å². The number of quaternary nitrogens is 1. The first-order valence-corrected chi connectivity index (χ1v) is 8.46. The lowest BCUT2D eigenvalue weighted by Crippen LogP contribution is -3.12. The molecule has 4 rings (SSSR count). The van der Waals surface area contributed by atoms with Crippen molar-refractivity contribution in [2.75, 3.05) is 38.1 Å². The Kier molecular flexibility index (Phi) is 3.11. The van der Waals surface area contributed by atoms with Crippen LogP contribution in [0.3, 0.4) is 0 Å². The average Bonchev–Trinajstić information content (AvgIpc) is 2.86. The standard InChI is InChI=1S/C15H20N4S/c1-18-6-8-19(9-7-18)14-13-11-4-2-3-5-12(11)20-15(13)17-10-16-14/h10H,2-9H2,1H3/p+1. The minimum atomic E-state index is 1.11. The van der Waals surface area contributed by atoms with Crippen LogP contribution in [0.5, 0.6) is 0 Å². The van der Waals surface area contributed by atoms with Crippen molar-refractivity contribution in [3.63, 3.8) is 0 Å². The lowest BCUT2D eigenvalue weighted by Gasteiger charge is -2.31. The maximum absolute atomic E-state index is 4.65. The summed E-state index contributed by atoms with van der Waals surface area (Å²) in [4.78, 5) is 16.0. The van der Waals surface area contributed by atoms with Crippen molar-refractivity contribution < 1.29 is 4.90 Å². The molecular formula is C15H21N4S+. The van der Waals surface area contributed by atoms with Gasteiger partial charge in [-0.25, -0.2) is 9.97 Å². The van der Waals surface area contributed by atoms with E-state index in [0.717, 1.165) is 13.1 Å². The number of nitrogens with zero attached hydrogens (tertiary/aromatic N) is 3. The number of likely N-dealkylation sites (N-methyl/N-ethyl adjacent to an activating group) is 1. The van der Waals surface area contributed by atoms with Crippen molar-refractivity contribution in [3.8, 4) is 0 Å². The second kappa shape index (κ2) is 4.97. The van der Waals surface area contributed by atoms with Crippen molar-refractivity contribution in [1.29, 1.82) is 0 Å². The van der Waals surface area contributed by atoms with Crippen LogP contribution < -0.4 is 9.80 Å². The molecule has 0 unspecified atom stereocenters. The van der Waals surface area contributed by atoms with Crippen molar-refractivity contribution in [2.24, 2.45) is 0 Å². The van der Waals surface area contributed by atoms with E-state index in [4.69, 9.17) is 0 Å². The van der Waals surface area contributed by atoms with E-state index in [9.17, 15) is 0 Å². The number of aryl methyl sites for hydroxylation is 2. The first-order valence-electron chi connectivity index (χ1n) is 7.64. The van der Waals surface area contributed by atoms with Crippen LogP contribution in [-0.4, -0.2) is 43.2 Å². The molecule has 1 fully saturated rings. The summed E-state index contributed by atoms with van der Waals surface area (Å²) in [5, 5.41) is 1.37. The van der Waals surface area contributed by atoms with E-state index in [0.29, 0.717) is 0 Å². The number of anilines is 1. The first-order chi connectivity index (χ1) is 9.83. The molecule has 0 radical (unpaired) electrons. The fourth-order valence-corrected chi connectivity index (χ4v) is 4.64. The van der Waals surface area contributed by atoms with E-state index in [1.54, 1.807) is 21.7 Å². The first kappa shape index (κ1) is 12.5. The van der Waals surface area contributed by atoms with Gasteiger partial charge in [0.2, 0.25) is 0 Å². The van der Waals surface area contributed by atoms with Gasteiger partial charge in [0, 0.05) is 4.88 Å². The van der Waals surface area contributed by atoms with E-state index in [2.05, 4.69) is 21.9 Å². The maximum Gasteiger partial charge on any atom is 0.141 e. The number of hydrogen-bond donors (Lipinski definition) is 1. The summed E-state index contributed by atoms with van der Waals surface area (Å²) in [6.45, 7) is 4.64. The zero-order valence-electron chi connectivity index (χ0n) is 12.0. The largest absolute Gasteiger partial charge is 0.345 e. The van der Waals surface area contributed by atoms with E-state index in [1.807, 2.05) is 11.3 Å². The second-order valence-corrected chi connectivity index (χ2v) is 7.12. The molecule has 0 spiro atoms. The third-order valence-electron chi connectivity index (χ3n) is 4.65. The highest BCUT2D eigenvalue weighted by Crippen LogP contribution is 2.39. The molecule has 2 aliphatic rings. The Morgan fingerprint density at radius 2 is 1.95 bits per heavy atom. The number of fused-ring (bicyclic) bond motifs is 3. The SMILES string of the molecule is C[NH+]1CCN(c2ncnc3sc4c(c23)CCCC4)CC1. The summed E-state index contributed by atoms with van der Waals surface area (Å²) in [5.74, 6) is 1.20. The second-order valence-electron chi connectivity index (χ2n) is 6.03. The molecule has 3 heterocycles. The quantitative estimate of drug-likeness (QED) is 0.847. The molecule has 0 amide bonds. The van der Waals surface area contributed by atoms with Crippen molar-refractivity contribution in [3.05, 3.63) is 16.8 Å². The molecule has 0 bridgehead atoms. The highest BCUT2D eigenvalue weighted by atomic mass is 32.1. The molecule has 20 heavy (non-hydrogen) atoms. The highest BCUT2D eigenvalue weighted by molar-refractivity contribution is 7.19. The van der Waals surface area contributed by atoms with Crippen LogP contribution in [0.2, 0.25) is 0 Å². The van der Waals surface area contributed by atoms with Crippen LogP contribution in [0, 0.1) is 0 Å². The molecule has 2 aromatic rings. The van der Waals surface area contributed by atoms with Crippen LogP contribution >= 0.6 is 11.3 Å². The zero-order chi connectivity index (χ0) is 13.5. The molecule has 5 heteroatoms. The van der Waals surface area contributed by atoms with Crippen molar-refractivity contribution >= 4 is 27.4 Å². The van der Waals surface area contributed by atoms with Gasteiger partial charge in [0.15, 0.2) is 0 Å². The van der Waals surface area contributed by atoms with Crippen LogP contribution in [0.15, 0.2) is 6.33 Å². The molecule has 1 saturated heterocycles. The van der Waals surface area contributed by atoms with Crippen LogP contribution in [0.25, 0.3) is 10.2 Å². The normalized spacial score (nSPS) is 20.4. The number of aromatic nitrogens is 2. The lowest BCUT2D eigenvalue weighted by atomic mass is 9.97. The molecule has 2 aromatic heterocycles. The summed E-state index contributed by atoms with van der Waals surface area (Å²) in [6, 6.07) is 0. The van der Waals surface area contributed by atoms with Crippen LogP contribution in [-0.2, 0) is 12.8 Å². The Hall–Kier alpha value is -1.20. The number of hydrogen-bond acceptors (Lipinski definition) is 4. The minimum absolute atomic E-state index is 1.11. The van der Waals surface area contributed by atoms with Gasteiger partial charge in [0.05, 0.1) is 38.6 Å². The van der Waals surface area contributed by atoms with Gasteiger partial charge in [0.25, 0.3) is 0 Å². The van der Waals surface area contributed by atoms with Gasteiger partial charge in [-0.2, -0.15) is 0 Å². The molecule has 0 aromatic carbocycles.